The highest BCUT2D eigenvalue weighted by Crippen LogP contribution is 2.32. The van der Waals surface area contributed by atoms with Gasteiger partial charge in [-0.25, -0.2) is 4.39 Å². The van der Waals surface area contributed by atoms with Crippen molar-refractivity contribution in [3.8, 4) is 0 Å². The number of aromatic nitrogens is 1. The second kappa shape index (κ2) is 7.58. The summed E-state index contributed by atoms with van der Waals surface area (Å²) in [5.41, 5.74) is 1.34. The Morgan fingerprint density at radius 3 is 2.54 bits per heavy atom. The number of carbonyl (C=O) groups is 1. The molecule has 28 heavy (non-hydrogen) atoms. The third-order valence-corrected chi connectivity index (χ3v) is 4.55. The lowest BCUT2D eigenvalue weighted by atomic mass is 9.98. The normalized spacial score (nSPS) is 11.6. The molecular weight excluding hydrogens is 372 g/mol. The van der Waals surface area contributed by atoms with Crippen LogP contribution < -0.4 is 5.32 Å². The third kappa shape index (κ3) is 3.98. The molecule has 0 saturated heterocycles. The van der Waals surface area contributed by atoms with Gasteiger partial charge in [0.1, 0.15) is 5.82 Å². The standard InChI is InChI=1S/C21H18F4N2O/c1-3-17-19(20(28)26-11-13-5-4-6-15(22)9-13)12(2)16-8-7-14(21(23,24)25)10-18(16)27-17/h4-10H,3,11H2,1-2H3,(H,26,28). The fraction of sp³-hybridized carbons (Fsp3) is 0.238. The van der Waals surface area contributed by atoms with Crippen molar-refractivity contribution in [2.75, 3.05) is 0 Å². The van der Waals surface area contributed by atoms with Gasteiger partial charge in [0, 0.05) is 11.9 Å². The number of carbonyl (C=O) groups excluding carboxylic acids is 1. The van der Waals surface area contributed by atoms with Crippen molar-refractivity contribution in [1.82, 2.24) is 10.3 Å². The maximum atomic E-state index is 13.3. The van der Waals surface area contributed by atoms with E-state index in [0.29, 0.717) is 34.2 Å². The summed E-state index contributed by atoms with van der Waals surface area (Å²) in [5.74, 6) is -0.794. The van der Waals surface area contributed by atoms with E-state index in [2.05, 4.69) is 10.3 Å². The van der Waals surface area contributed by atoms with Crippen LogP contribution in [0.3, 0.4) is 0 Å². The van der Waals surface area contributed by atoms with E-state index < -0.39 is 23.5 Å². The van der Waals surface area contributed by atoms with Crippen molar-refractivity contribution < 1.29 is 22.4 Å². The molecule has 1 aromatic heterocycles. The van der Waals surface area contributed by atoms with Gasteiger partial charge in [0.2, 0.25) is 0 Å². The van der Waals surface area contributed by atoms with E-state index in [1.807, 2.05) is 0 Å². The average Bonchev–Trinajstić information content (AvgIpc) is 2.64. The number of amides is 1. The second-order valence-corrected chi connectivity index (χ2v) is 6.45. The highest BCUT2D eigenvalue weighted by atomic mass is 19.4. The molecule has 0 saturated carbocycles. The minimum Gasteiger partial charge on any atom is -0.348 e. The van der Waals surface area contributed by atoms with Gasteiger partial charge in [0.15, 0.2) is 0 Å². The quantitative estimate of drug-likeness (QED) is 0.623. The number of hydrogen-bond donors (Lipinski definition) is 1. The van der Waals surface area contributed by atoms with Crippen LogP contribution in [0.5, 0.6) is 0 Å². The van der Waals surface area contributed by atoms with Crippen LogP contribution in [0.15, 0.2) is 42.5 Å². The van der Waals surface area contributed by atoms with Gasteiger partial charge < -0.3 is 5.32 Å². The largest absolute Gasteiger partial charge is 0.416 e. The van der Waals surface area contributed by atoms with Gasteiger partial charge in [-0.15, -0.1) is 0 Å². The molecule has 0 aliphatic heterocycles. The van der Waals surface area contributed by atoms with Crippen LogP contribution in [0.2, 0.25) is 0 Å². The highest BCUT2D eigenvalue weighted by Gasteiger charge is 2.31. The number of fused-ring (bicyclic) bond motifs is 1. The lowest BCUT2D eigenvalue weighted by molar-refractivity contribution is -0.137. The van der Waals surface area contributed by atoms with E-state index in [4.69, 9.17) is 0 Å². The zero-order valence-electron chi connectivity index (χ0n) is 15.3. The van der Waals surface area contributed by atoms with Crippen LogP contribution in [0.25, 0.3) is 10.9 Å². The Morgan fingerprint density at radius 1 is 1.14 bits per heavy atom. The summed E-state index contributed by atoms with van der Waals surface area (Å²) < 4.78 is 52.2. The maximum Gasteiger partial charge on any atom is 0.416 e. The molecule has 0 unspecified atom stereocenters. The molecule has 1 amide bonds. The van der Waals surface area contributed by atoms with Gasteiger partial charge in [0.25, 0.3) is 5.91 Å². The number of benzene rings is 2. The molecule has 0 bridgehead atoms. The Balaban J connectivity index is 1.97. The molecule has 7 heteroatoms. The molecule has 3 aromatic rings. The molecule has 3 rings (SSSR count). The van der Waals surface area contributed by atoms with E-state index in [0.717, 1.165) is 12.1 Å². The summed E-state index contributed by atoms with van der Waals surface area (Å²) in [7, 11) is 0. The molecule has 1 heterocycles. The van der Waals surface area contributed by atoms with Crippen LogP contribution >= 0.6 is 0 Å². The third-order valence-electron chi connectivity index (χ3n) is 4.55. The number of aryl methyl sites for hydroxylation is 2. The fourth-order valence-corrected chi connectivity index (χ4v) is 3.14. The molecule has 0 aliphatic rings. The number of nitrogens with one attached hydrogen (secondary N) is 1. The first-order valence-electron chi connectivity index (χ1n) is 8.73. The predicted octanol–water partition coefficient (Wildman–Crippen LogP) is 5.19. The van der Waals surface area contributed by atoms with Gasteiger partial charge in [-0.2, -0.15) is 13.2 Å². The zero-order chi connectivity index (χ0) is 20.5. The van der Waals surface area contributed by atoms with E-state index >= 15 is 0 Å². The molecule has 0 fully saturated rings. The summed E-state index contributed by atoms with van der Waals surface area (Å²) in [5, 5.41) is 3.22. The van der Waals surface area contributed by atoms with Crippen LogP contribution in [0.1, 0.15) is 39.7 Å². The SMILES string of the molecule is CCc1nc2cc(C(F)(F)F)ccc2c(C)c1C(=O)NCc1cccc(F)c1. The smallest absolute Gasteiger partial charge is 0.348 e. The number of nitrogens with zero attached hydrogens (tertiary/aromatic N) is 1. The number of rotatable bonds is 4. The monoisotopic (exact) mass is 390 g/mol. The molecule has 2 aromatic carbocycles. The first-order valence-corrected chi connectivity index (χ1v) is 8.73. The first-order chi connectivity index (χ1) is 13.2. The molecule has 0 aliphatic carbocycles. The first kappa shape index (κ1) is 19.8. The zero-order valence-corrected chi connectivity index (χ0v) is 15.3. The summed E-state index contributed by atoms with van der Waals surface area (Å²) >= 11 is 0. The molecule has 1 N–H and O–H groups in total. The van der Waals surface area contributed by atoms with E-state index in [1.54, 1.807) is 26.0 Å². The highest BCUT2D eigenvalue weighted by molar-refractivity contribution is 6.01. The van der Waals surface area contributed by atoms with Gasteiger partial charge in [-0.05, 0) is 48.7 Å². The fourth-order valence-electron chi connectivity index (χ4n) is 3.14. The predicted molar refractivity (Wildman–Crippen MR) is 98.4 cm³/mol. The van der Waals surface area contributed by atoms with Gasteiger partial charge in [0.05, 0.1) is 22.3 Å². The Bertz CT molecular complexity index is 1040. The minimum absolute atomic E-state index is 0.129. The topological polar surface area (TPSA) is 42.0 Å². The lowest BCUT2D eigenvalue weighted by Crippen LogP contribution is -2.25. The van der Waals surface area contributed by atoms with Crippen LogP contribution in [0, 0.1) is 12.7 Å². The molecule has 0 radical (unpaired) electrons. The minimum atomic E-state index is -4.46. The Morgan fingerprint density at radius 2 is 1.89 bits per heavy atom. The van der Waals surface area contributed by atoms with Crippen molar-refractivity contribution in [1.29, 1.82) is 0 Å². The molecule has 3 nitrogen and oxygen atoms in total. The molecular formula is C21H18F4N2O. The van der Waals surface area contributed by atoms with Crippen molar-refractivity contribution in [3.05, 3.63) is 76.2 Å². The number of pyridine rings is 1. The van der Waals surface area contributed by atoms with E-state index in [1.165, 1.54) is 18.2 Å². The van der Waals surface area contributed by atoms with Gasteiger partial charge in [-0.1, -0.05) is 25.1 Å². The van der Waals surface area contributed by atoms with Crippen molar-refractivity contribution in [2.24, 2.45) is 0 Å². The molecule has 0 spiro atoms. The Labute approximate surface area is 159 Å². The number of halogens is 4. The summed E-state index contributed by atoms with van der Waals surface area (Å²) in [6, 6.07) is 9.19. The average molecular weight is 390 g/mol. The Kier molecular flexibility index (Phi) is 5.36. The van der Waals surface area contributed by atoms with Gasteiger partial charge >= 0.3 is 6.18 Å². The lowest BCUT2D eigenvalue weighted by Gasteiger charge is -2.15. The van der Waals surface area contributed by atoms with Crippen molar-refractivity contribution in [3.63, 3.8) is 0 Å². The molecule has 146 valence electrons. The second-order valence-electron chi connectivity index (χ2n) is 6.45. The number of hydrogen-bond acceptors (Lipinski definition) is 2. The van der Waals surface area contributed by atoms with Crippen LogP contribution in [-0.4, -0.2) is 10.9 Å². The maximum absolute atomic E-state index is 13.3. The summed E-state index contributed by atoms with van der Waals surface area (Å²) in [6.07, 6.45) is -4.08. The van der Waals surface area contributed by atoms with Crippen LogP contribution in [-0.2, 0) is 19.1 Å². The summed E-state index contributed by atoms with van der Waals surface area (Å²) in [4.78, 5) is 17.0. The van der Waals surface area contributed by atoms with Crippen molar-refractivity contribution >= 4 is 16.8 Å². The van der Waals surface area contributed by atoms with E-state index in [9.17, 15) is 22.4 Å². The number of alkyl halides is 3. The molecule has 0 atom stereocenters. The van der Waals surface area contributed by atoms with E-state index in [-0.39, 0.29) is 12.1 Å². The van der Waals surface area contributed by atoms with Gasteiger partial charge in [-0.3, -0.25) is 9.78 Å². The summed E-state index contributed by atoms with van der Waals surface area (Å²) in [6.45, 7) is 3.60. The van der Waals surface area contributed by atoms with Crippen molar-refractivity contribution in [2.45, 2.75) is 33.0 Å². The van der Waals surface area contributed by atoms with Crippen LogP contribution in [0.4, 0.5) is 17.6 Å². The Hall–Kier alpha value is -2.96.